The Hall–Kier alpha value is -2.57. The van der Waals surface area contributed by atoms with E-state index >= 15 is 0 Å². The van der Waals surface area contributed by atoms with Crippen LogP contribution in [0.25, 0.3) is 11.3 Å². The van der Waals surface area contributed by atoms with E-state index in [9.17, 15) is 9.18 Å². The predicted molar refractivity (Wildman–Crippen MR) is 97.1 cm³/mol. The molecular weight excluding hydrogens is 337 g/mol. The second kappa shape index (κ2) is 7.76. The molecule has 2 heterocycles. The van der Waals surface area contributed by atoms with Crippen molar-refractivity contribution in [3.8, 4) is 17.1 Å². The summed E-state index contributed by atoms with van der Waals surface area (Å²) < 4.78 is 24.3. The highest BCUT2D eigenvalue weighted by Crippen LogP contribution is 2.34. The molecule has 0 N–H and O–H groups in total. The van der Waals surface area contributed by atoms with Crippen molar-refractivity contribution in [3.05, 3.63) is 29.6 Å². The molecule has 1 amide bonds. The van der Waals surface area contributed by atoms with E-state index in [1.807, 2.05) is 19.0 Å². The van der Waals surface area contributed by atoms with Crippen molar-refractivity contribution >= 4 is 11.7 Å². The molecule has 7 heteroatoms. The Morgan fingerprint density at radius 3 is 2.54 bits per heavy atom. The van der Waals surface area contributed by atoms with Crippen LogP contribution in [0, 0.1) is 5.82 Å². The number of nitrogens with zero attached hydrogens (tertiary/aromatic N) is 3. The summed E-state index contributed by atoms with van der Waals surface area (Å²) in [6.07, 6.45) is 4.26. The maximum Gasteiger partial charge on any atom is 0.261 e. The number of anilines is 1. The monoisotopic (exact) mass is 361 g/mol. The van der Waals surface area contributed by atoms with Crippen molar-refractivity contribution in [3.63, 3.8) is 0 Å². The maximum absolute atomic E-state index is 13.8. The van der Waals surface area contributed by atoms with Crippen LogP contribution in [-0.2, 0) is 0 Å². The third-order valence-electron chi connectivity index (χ3n) is 4.62. The van der Waals surface area contributed by atoms with E-state index in [1.165, 1.54) is 19.2 Å². The van der Waals surface area contributed by atoms with Gasteiger partial charge in [0.05, 0.1) is 7.11 Å². The summed E-state index contributed by atoms with van der Waals surface area (Å²) in [6, 6.07) is 4.39. The van der Waals surface area contributed by atoms with Gasteiger partial charge in [-0.3, -0.25) is 4.79 Å². The van der Waals surface area contributed by atoms with Crippen molar-refractivity contribution in [2.75, 3.05) is 39.2 Å². The van der Waals surface area contributed by atoms with E-state index in [2.05, 4.69) is 5.16 Å². The lowest BCUT2D eigenvalue weighted by Crippen LogP contribution is -2.33. The molecule has 0 unspecified atom stereocenters. The molecule has 140 valence electrons. The first kappa shape index (κ1) is 18.2. The van der Waals surface area contributed by atoms with Gasteiger partial charge in [-0.2, -0.15) is 0 Å². The Kier molecular flexibility index (Phi) is 5.44. The van der Waals surface area contributed by atoms with Gasteiger partial charge >= 0.3 is 0 Å². The van der Waals surface area contributed by atoms with E-state index in [0.29, 0.717) is 22.7 Å². The summed E-state index contributed by atoms with van der Waals surface area (Å²) in [5, 5.41) is 4.08. The average molecular weight is 361 g/mol. The predicted octanol–water partition coefficient (Wildman–Crippen LogP) is 3.57. The lowest BCUT2D eigenvalue weighted by Gasteiger charge is -2.21. The number of methoxy groups -OCH3 is 1. The highest BCUT2D eigenvalue weighted by molar-refractivity contribution is 6.04. The van der Waals surface area contributed by atoms with Crippen LogP contribution >= 0.6 is 0 Å². The largest absolute Gasteiger partial charge is 0.494 e. The molecule has 0 atom stereocenters. The average Bonchev–Trinajstić information content (AvgIpc) is 2.89. The Morgan fingerprint density at radius 2 is 1.92 bits per heavy atom. The topological polar surface area (TPSA) is 58.8 Å². The molecule has 1 saturated heterocycles. The first-order valence-electron chi connectivity index (χ1n) is 8.83. The van der Waals surface area contributed by atoms with Gasteiger partial charge in [-0.15, -0.1) is 0 Å². The van der Waals surface area contributed by atoms with E-state index in [-0.39, 0.29) is 11.7 Å². The first-order chi connectivity index (χ1) is 12.5. The van der Waals surface area contributed by atoms with Crippen LogP contribution in [0.4, 0.5) is 10.2 Å². The Bertz CT molecular complexity index is 780. The maximum atomic E-state index is 13.8. The normalized spacial score (nSPS) is 14.8. The fraction of sp³-hybridized carbons (Fsp3) is 0.474. The van der Waals surface area contributed by atoms with Crippen molar-refractivity contribution in [2.24, 2.45) is 0 Å². The zero-order chi connectivity index (χ0) is 18.7. The first-order valence-corrected chi connectivity index (χ1v) is 8.83. The third-order valence-corrected chi connectivity index (χ3v) is 4.62. The van der Waals surface area contributed by atoms with E-state index in [0.717, 1.165) is 38.8 Å². The van der Waals surface area contributed by atoms with Crippen LogP contribution in [0.1, 0.15) is 36.0 Å². The molecule has 2 aromatic rings. The van der Waals surface area contributed by atoms with Crippen LogP contribution in [-0.4, -0.2) is 50.3 Å². The second-order valence-corrected chi connectivity index (χ2v) is 6.66. The van der Waals surface area contributed by atoms with Crippen molar-refractivity contribution in [1.82, 2.24) is 10.1 Å². The summed E-state index contributed by atoms with van der Waals surface area (Å²) in [4.78, 5) is 16.9. The molecule has 0 saturated carbocycles. The fourth-order valence-corrected chi connectivity index (χ4v) is 3.21. The van der Waals surface area contributed by atoms with Gasteiger partial charge in [0.2, 0.25) is 0 Å². The SMILES string of the molecule is COc1cc(-c2onc(N(C)C)c2C(=O)N2CCCCCC2)ccc1F. The fourth-order valence-electron chi connectivity index (χ4n) is 3.21. The van der Waals surface area contributed by atoms with Crippen LogP contribution in [0.5, 0.6) is 5.75 Å². The highest BCUT2D eigenvalue weighted by Gasteiger charge is 2.29. The molecule has 1 aromatic heterocycles. The van der Waals surface area contributed by atoms with Gasteiger partial charge in [-0.1, -0.05) is 18.0 Å². The zero-order valence-electron chi connectivity index (χ0n) is 15.4. The Balaban J connectivity index is 2.05. The number of amides is 1. The smallest absolute Gasteiger partial charge is 0.261 e. The van der Waals surface area contributed by atoms with Gasteiger partial charge in [0.1, 0.15) is 5.56 Å². The number of likely N-dealkylation sites (tertiary alicyclic amines) is 1. The standard InChI is InChI=1S/C19H24FN3O3/c1-22(2)18-16(19(24)23-10-6-4-5-7-11-23)17(26-21-18)13-8-9-14(20)15(12-13)25-3/h8-9,12H,4-7,10-11H2,1-3H3. The molecule has 6 nitrogen and oxygen atoms in total. The molecule has 0 aliphatic carbocycles. The summed E-state index contributed by atoms with van der Waals surface area (Å²) in [5.41, 5.74) is 0.965. The van der Waals surface area contributed by atoms with Crippen molar-refractivity contribution in [2.45, 2.75) is 25.7 Å². The summed E-state index contributed by atoms with van der Waals surface area (Å²) in [5.74, 6) is 0.330. The summed E-state index contributed by atoms with van der Waals surface area (Å²) in [6.45, 7) is 1.45. The molecular formula is C19H24FN3O3. The van der Waals surface area contributed by atoms with Gasteiger partial charge in [0.25, 0.3) is 5.91 Å². The van der Waals surface area contributed by atoms with Gasteiger partial charge in [-0.05, 0) is 31.0 Å². The Labute approximate surface area is 152 Å². The van der Waals surface area contributed by atoms with Gasteiger partial charge in [0, 0.05) is 32.7 Å². The minimum atomic E-state index is -0.469. The number of benzene rings is 1. The molecule has 3 rings (SSSR count). The summed E-state index contributed by atoms with van der Waals surface area (Å²) >= 11 is 0. The molecule has 0 radical (unpaired) electrons. The number of rotatable bonds is 4. The van der Waals surface area contributed by atoms with E-state index in [1.54, 1.807) is 11.0 Å². The van der Waals surface area contributed by atoms with Crippen LogP contribution in [0.15, 0.2) is 22.7 Å². The highest BCUT2D eigenvalue weighted by atomic mass is 19.1. The minimum Gasteiger partial charge on any atom is -0.494 e. The van der Waals surface area contributed by atoms with Gasteiger partial charge in [0.15, 0.2) is 23.1 Å². The lowest BCUT2D eigenvalue weighted by atomic mass is 10.1. The molecule has 0 bridgehead atoms. The third kappa shape index (κ3) is 3.52. The number of carbonyl (C=O) groups is 1. The lowest BCUT2D eigenvalue weighted by molar-refractivity contribution is 0.0762. The minimum absolute atomic E-state index is 0.0958. The molecule has 1 aliphatic rings. The zero-order valence-corrected chi connectivity index (χ0v) is 15.4. The van der Waals surface area contributed by atoms with E-state index in [4.69, 9.17) is 9.26 Å². The quantitative estimate of drug-likeness (QED) is 0.833. The van der Waals surface area contributed by atoms with Crippen molar-refractivity contribution in [1.29, 1.82) is 0 Å². The molecule has 1 fully saturated rings. The Morgan fingerprint density at radius 1 is 1.23 bits per heavy atom. The summed E-state index contributed by atoms with van der Waals surface area (Å²) in [7, 11) is 5.02. The van der Waals surface area contributed by atoms with E-state index < -0.39 is 5.82 Å². The molecule has 1 aromatic carbocycles. The van der Waals surface area contributed by atoms with Gasteiger partial charge < -0.3 is 19.1 Å². The molecule has 1 aliphatic heterocycles. The number of hydrogen-bond donors (Lipinski definition) is 0. The van der Waals surface area contributed by atoms with Crippen LogP contribution < -0.4 is 9.64 Å². The number of carbonyl (C=O) groups excluding carboxylic acids is 1. The number of ether oxygens (including phenoxy) is 1. The molecule has 0 spiro atoms. The number of aromatic nitrogens is 1. The van der Waals surface area contributed by atoms with Crippen LogP contribution in [0.2, 0.25) is 0 Å². The number of halogens is 1. The van der Waals surface area contributed by atoms with Crippen molar-refractivity contribution < 1.29 is 18.4 Å². The molecule has 26 heavy (non-hydrogen) atoms. The van der Waals surface area contributed by atoms with Crippen LogP contribution in [0.3, 0.4) is 0 Å². The second-order valence-electron chi connectivity index (χ2n) is 6.66. The van der Waals surface area contributed by atoms with Gasteiger partial charge in [-0.25, -0.2) is 4.39 Å². The number of hydrogen-bond acceptors (Lipinski definition) is 5.